The Hall–Kier alpha value is -2.83. The van der Waals surface area contributed by atoms with Crippen molar-refractivity contribution in [2.75, 3.05) is 0 Å². The molecule has 0 spiro atoms. The molecule has 2 aromatic rings. The molecular weight excluding hydrogens is 286 g/mol. The first-order valence-electron chi connectivity index (χ1n) is 6.73. The standard InChI is InChI=1S/C15H17N3O4/c1-18-12(7-8-16-18)9-13(14(19)20)17-15(21)22-10-11-5-3-2-4-6-11/h2-8,13H,9-10H2,1H3,(H,17,21)(H,19,20). The van der Waals surface area contributed by atoms with Crippen molar-refractivity contribution >= 4 is 12.1 Å². The van der Waals surface area contributed by atoms with E-state index in [0.29, 0.717) is 5.69 Å². The van der Waals surface area contributed by atoms with Crippen LogP contribution in [0.5, 0.6) is 0 Å². The molecular formula is C15H17N3O4. The van der Waals surface area contributed by atoms with Gasteiger partial charge >= 0.3 is 12.1 Å². The number of hydrogen-bond donors (Lipinski definition) is 2. The number of amides is 1. The maximum absolute atomic E-state index is 11.7. The van der Waals surface area contributed by atoms with Crippen LogP contribution in [-0.2, 0) is 29.6 Å². The van der Waals surface area contributed by atoms with Crippen LogP contribution in [0.3, 0.4) is 0 Å². The highest BCUT2D eigenvalue weighted by molar-refractivity contribution is 5.80. The maximum atomic E-state index is 11.7. The molecule has 2 N–H and O–H groups in total. The number of alkyl carbamates (subject to hydrolysis) is 1. The van der Waals surface area contributed by atoms with E-state index in [1.165, 1.54) is 0 Å². The Labute approximate surface area is 127 Å². The van der Waals surface area contributed by atoms with Crippen LogP contribution in [0.2, 0.25) is 0 Å². The average molecular weight is 303 g/mol. The number of aromatic nitrogens is 2. The zero-order valence-corrected chi connectivity index (χ0v) is 12.1. The SMILES string of the molecule is Cn1nccc1CC(NC(=O)OCc1ccccc1)C(=O)O. The normalized spacial score (nSPS) is 11.7. The number of aliphatic carboxylic acids is 1. The first-order valence-corrected chi connectivity index (χ1v) is 6.73. The van der Waals surface area contributed by atoms with Crippen molar-refractivity contribution in [1.29, 1.82) is 0 Å². The molecule has 0 fully saturated rings. The highest BCUT2D eigenvalue weighted by Gasteiger charge is 2.22. The number of carbonyl (C=O) groups is 2. The number of carboxylic acid groups (broad SMARTS) is 1. The molecule has 1 unspecified atom stereocenters. The molecule has 0 aliphatic heterocycles. The number of carbonyl (C=O) groups excluding carboxylic acids is 1. The fraction of sp³-hybridized carbons (Fsp3) is 0.267. The second-order valence-electron chi connectivity index (χ2n) is 4.75. The summed E-state index contributed by atoms with van der Waals surface area (Å²) in [4.78, 5) is 23.0. The number of hydrogen-bond acceptors (Lipinski definition) is 4. The van der Waals surface area contributed by atoms with Crippen molar-refractivity contribution in [3.63, 3.8) is 0 Å². The van der Waals surface area contributed by atoms with E-state index in [9.17, 15) is 14.7 Å². The Morgan fingerprint density at radius 1 is 1.32 bits per heavy atom. The predicted molar refractivity (Wildman–Crippen MR) is 78.1 cm³/mol. The number of benzene rings is 1. The van der Waals surface area contributed by atoms with Crippen LogP contribution in [0.15, 0.2) is 42.6 Å². The van der Waals surface area contributed by atoms with Gasteiger partial charge in [-0.3, -0.25) is 4.68 Å². The third-order valence-corrected chi connectivity index (χ3v) is 3.14. The summed E-state index contributed by atoms with van der Waals surface area (Å²) >= 11 is 0. The van der Waals surface area contributed by atoms with Crippen LogP contribution >= 0.6 is 0 Å². The first-order chi connectivity index (χ1) is 10.6. The molecule has 1 atom stereocenters. The highest BCUT2D eigenvalue weighted by atomic mass is 16.5. The van der Waals surface area contributed by atoms with Gasteiger partial charge in [-0.05, 0) is 11.6 Å². The third-order valence-electron chi connectivity index (χ3n) is 3.14. The molecule has 7 nitrogen and oxygen atoms in total. The van der Waals surface area contributed by atoms with Crippen molar-refractivity contribution in [2.24, 2.45) is 7.05 Å². The molecule has 7 heteroatoms. The van der Waals surface area contributed by atoms with Crippen LogP contribution in [0.1, 0.15) is 11.3 Å². The largest absolute Gasteiger partial charge is 0.480 e. The number of carboxylic acids is 1. The van der Waals surface area contributed by atoms with Gasteiger partial charge in [-0.25, -0.2) is 9.59 Å². The number of nitrogens with zero attached hydrogens (tertiary/aromatic N) is 2. The predicted octanol–water partition coefficient (Wildman–Crippen LogP) is 1.34. The molecule has 1 heterocycles. The Morgan fingerprint density at radius 2 is 2.05 bits per heavy atom. The first kappa shape index (κ1) is 15.6. The van der Waals surface area contributed by atoms with E-state index in [1.807, 2.05) is 30.3 Å². The van der Waals surface area contributed by atoms with E-state index < -0.39 is 18.1 Å². The van der Waals surface area contributed by atoms with E-state index in [0.717, 1.165) is 5.56 Å². The van der Waals surface area contributed by atoms with Gasteiger partial charge in [0.05, 0.1) is 0 Å². The molecule has 1 aromatic carbocycles. The summed E-state index contributed by atoms with van der Waals surface area (Å²) in [5.41, 5.74) is 1.53. The molecule has 0 saturated heterocycles. The van der Waals surface area contributed by atoms with Gasteiger partial charge in [0, 0.05) is 25.4 Å². The Morgan fingerprint density at radius 3 is 2.64 bits per heavy atom. The summed E-state index contributed by atoms with van der Waals surface area (Å²) in [6, 6.07) is 9.79. The van der Waals surface area contributed by atoms with E-state index in [-0.39, 0.29) is 13.0 Å². The highest BCUT2D eigenvalue weighted by Crippen LogP contribution is 2.04. The lowest BCUT2D eigenvalue weighted by atomic mass is 10.1. The summed E-state index contributed by atoms with van der Waals surface area (Å²) in [5, 5.41) is 15.5. The molecule has 116 valence electrons. The molecule has 0 aliphatic carbocycles. The van der Waals surface area contributed by atoms with Crippen LogP contribution in [-0.4, -0.2) is 33.0 Å². The summed E-state index contributed by atoms with van der Waals surface area (Å²) < 4.78 is 6.58. The number of aryl methyl sites for hydroxylation is 1. The number of nitrogens with one attached hydrogen (secondary N) is 1. The van der Waals surface area contributed by atoms with Crippen LogP contribution in [0, 0.1) is 0 Å². The van der Waals surface area contributed by atoms with Gasteiger partial charge in [-0.15, -0.1) is 0 Å². The van der Waals surface area contributed by atoms with Crippen LogP contribution in [0.25, 0.3) is 0 Å². The smallest absolute Gasteiger partial charge is 0.408 e. The lowest BCUT2D eigenvalue weighted by Crippen LogP contribution is -2.42. The minimum Gasteiger partial charge on any atom is -0.480 e. The van der Waals surface area contributed by atoms with Gasteiger partial charge in [-0.1, -0.05) is 30.3 Å². The third kappa shape index (κ3) is 4.34. The van der Waals surface area contributed by atoms with Crippen LogP contribution in [0.4, 0.5) is 4.79 Å². The summed E-state index contributed by atoms with van der Waals surface area (Å²) in [6.45, 7) is 0.0880. The molecule has 0 aliphatic rings. The molecule has 2 rings (SSSR count). The van der Waals surface area contributed by atoms with Crippen molar-refractivity contribution in [3.05, 3.63) is 53.9 Å². The van der Waals surface area contributed by atoms with Crippen molar-refractivity contribution in [2.45, 2.75) is 19.1 Å². The van der Waals surface area contributed by atoms with Crippen LogP contribution < -0.4 is 5.32 Å². The summed E-state index contributed by atoms with van der Waals surface area (Å²) in [6.07, 6.45) is 0.937. The zero-order chi connectivity index (χ0) is 15.9. The number of rotatable bonds is 6. The monoisotopic (exact) mass is 303 g/mol. The zero-order valence-electron chi connectivity index (χ0n) is 12.1. The fourth-order valence-corrected chi connectivity index (χ4v) is 1.92. The Bertz CT molecular complexity index is 639. The summed E-state index contributed by atoms with van der Waals surface area (Å²) in [5.74, 6) is -1.13. The second kappa shape index (κ2) is 7.26. The lowest BCUT2D eigenvalue weighted by molar-refractivity contribution is -0.139. The van der Waals surface area contributed by atoms with E-state index in [4.69, 9.17) is 4.74 Å². The fourth-order valence-electron chi connectivity index (χ4n) is 1.92. The average Bonchev–Trinajstić information content (AvgIpc) is 2.91. The van der Waals surface area contributed by atoms with Gasteiger partial charge in [-0.2, -0.15) is 5.10 Å². The van der Waals surface area contributed by atoms with Gasteiger partial charge < -0.3 is 15.2 Å². The minimum atomic E-state index is -1.13. The Kier molecular flexibility index (Phi) is 5.13. The molecule has 0 radical (unpaired) electrons. The van der Waals surface area contributed by atoms with Crippen molar-refractivity contribution in [3.8, 4) is 0 Å². The quantitative estimate of drug-likeness (QED) is 0.840. The van der Waals surface area contributed by atoms with E-state index in [2.05, 4.69) is 10.4 Å². The van der Waals surface area contributed by atoms with Crippen molar-refractivity contribution in [1.82, 2.24) is 15.1 Å². The molecule has 22 heavy (non-hydrogen) atoms. The van der Waals surface area contributed by atoms with E-state index >= 15 is 0 Å². The molecule has 1 aromatic heterocycles. The molecule has 0 saturated carbocycles. The Balaban J connectivity index is 1.89. The van der Waals surface area contributed by atoms with Gasteiger partial charge in [0.25, 0.3) is 0 Å². The molecule has 1 amide bonds. The summed E-state index contributed by atoms with van der Waals surface area (Å²) in [7, 11) is 1.71. The maximum Gasteiger partial charge on any atom is 0.408 e. The lowest BCUT2D eigenvalue weighted by Gasteiger charge is -2.14. The van der Waals surface area contributed by atoms with Gasteiger partial charge in [0.1, 0.15) is 12.6 Å². The topological polar surface area (TPSA) is 93.5 Å². The van der Waals surface area contributed by atoms with Crippen molar-refractivity contribution < 1.29 is 19.4 Å². The second-order valence-corrected chi connectivity index (χ2v) is 4.75. The van der Waals surface area contributed by atoms with E-state index in [1.54, 1.807) is 24.0 Å². The van der Waals surface area contributed by atoms with Gasteiger partial charge in [0.2, 0.25) is 0 Å². The van der Waals surface area contributed by atoms with Gasteiger partial charge in [0.15, 0.2) is 0 Å². The molecule has 0 bridgehead atoms. The number of ether oxygens (including phenoxy) is 1. The minimum absolute atomic E-state index is 0.0880.